The summed E-state index contributed by atoms with van der Waals surface area (Å²) in [6.45, 7) is 0. The van der Waals surface area contributed by atoms with Crippen LogP contribution in [-0.2, 0) is 0 Å². The summed E-state index contributed by atoms with van der Waals surface area (Å²) >= 11 is 0. The summed E-state index contributed by atoms with van der Waals surface area (Å²) < 4.78 is 0. The van der Waals surface area contributed by atoms with E-state index in [2.05, 4.69) is 121 Å². The smallest absolute Gasteiger partial charge is 0 e. The number of rotatable bonds is 7. The molecule has 4 atom stereocenters. The van der Waals surface area contributed by atoms with Crippen LogP contribution in [0.2, 0.25) is 0 Å². The molecule has 3 aliphatic rings. The van der Waals surface area contributed by atoms with Gasteiger partial charge in [0.1, 0.15) is 0 Å². The monoisotopic (exact) mass is 498 g/mol. The van der Waals surface area contributed by atoms with Crippen molar-refractivity contribution in [2.75, 3.05) is 6.16 Å². The molecule has 36 heavy (non-hydrogen) atoms. The van der Waals surface area contributed by atoms with Crippen LogP contribution in [0.4, 0.5) is 0 Å². The van der Waals surface area contributed by atoms with Gasteiger partial charge in [0.15, 0.2) is 0 Å². The maximum absolute atomic E-state index is 2.38. The fraction of sp³-hybridized carbons (Fsp3) is 0.250. The number of benzene rings is 4. The predicted octanol–water partition coefficient (Wildman–Crippen LogP) is 5.66. The average molecular weight is 498 g/mol. The van der Waals surface area contributed by atoms with Crippen LogP contribution in [0.3, 0.4) is 0 Å². The highest BCUT2D eigenvalue weighted by Crippen LogP contribution is 2.95. The SMILES string of the molecule is [B].[B].c1ccc(P(C[C@@H]2C[C@]23C[C@@]32C[C@H]2P(c2ccccc2)c2ccccc2)c2ccccc2)cc1. The standard InChI is InChI=1S/C32H30P2.2B/c1-5-13-26(14-6-1)33(27-15-7-2-8-16-27)23-25-21-31(25)24-32(31)22-30(32)34(28-17-9-3-10-18-28)29-19-11-4-12-20-29;;/h1-20,25,30H,21-24H2;;/t25-,30+,31-,32+;;/m0../s1. The average Bonchev–Trinajstić information content (AvgIpc) is 3.86. The maximum Gasteiger partial charge on any atom is 0 e. The van der Waals surface area contributed by atoms with Crippen LogP contribution >= 0.6 is 15.8 Å². The number of hydrogen-bond acceptors (Lipinski definition) is 0. The van der Waals surface area contributed by atoms with Crippen LogP contribution in [0, 0.1) is 16.7 Å². The molecule has 4 aromatic carbocycles. The molecule has 0 unspecified atom stereocenters. The van der Waals surface area contributed by atoms with Crippen molar-refractivity contribution in [2.24, 2.45) is 16.7 Å². The second-order valence-electron chi connectivity index (χ2n) is 10.4. The predicted molar refractivity (Wildman–Crippen MR) is 161 cm³/mol. The summed E-state index contributed by atoms with van der Waals surface area (Å²) in [6, 6.07) is 45.4. The summed E-state index contributed by atoms with van der Waals surface area (Å²) in [5, 5.41) is 6.23. The lowest BCUT2D eigenvalue weighted by Crippen LogP contribution is -2.16. The van der Waals surface area contributed by atoms with Crippen LogP contribution in [-0.4, -0.2) is 28.6 Å². The van der Waals surface area contributed by atoms with Crippen molar-refractivity contribution >= 4 is 53.9 Å². The van der Waals surface area contributed by atoms with E-state index in [1.165, 1.54) is 25.4 Å². The van der Waals surface area contributed by atoms with Gasteiger partial charge in [0.05, 0.1) is 0 Å². The van der Waals surface area contributed by atoms with E-state index in [-0.39, 0.29) is 32.7 Å². The molecule has 6 radical (unpaired) electrons. The van der Waals surface area contributed by atoms with Gasteiger partial charge in [0, 0.05) is 16.8 Å². The highest BCUT2D eigenvalue weighted by molar-refractivity contribution is 7.74. The first-order chi connectivity index (χ1) is 16.8. The zero-order chi connectivity index (χ0) is 22.6. The Balaban J connectivity index is 0.00000133. The molecule has 0 saturated heterocycles. The van der Waals surface area contributed by atoms with Gasteiger partial charge in [-0.15, -0.1) is 0 Å². The first kappa shape index (κ1) is 25.5. The quantitative estimate of drug-likeness (QED) is 0.228. The van der Waals surface area contributed by atoms with E-state index in [0.717, 1.165) is 11.6 Å². The van der Waals surface area contributed by atoms with E-state index in [4.69, 9.17) is 0 Å². The van der Waals surface area contributed by atoms with Crippen molar-refractivity contribution < 1.29 is 0 Å². The van der Waals surface area contributed by atoms with E-state index in [1.807, 2.05) is 0 Å². The Morgan fingerprint density at radius 1 is 0.528 bits per heavy atom. The van der Waals surface area contributed by atoms with E-state index in [0.29, 0.717) is 10.8 Å². The van der Waals surface area contributed by atoms with Crippen LogP contribution < -0.4 is 21.2 Å². The molecule has 0 nitrogen and oxygen atoms in total. The Morgan fingerprint density at radius 2 is 0.944 bits per heavy atom. The minimum absolute atomic E-state index is 0. The van der Waals surface area contributed by atoms with Crippen LogP contribution in [0.5, 0.6) is 0 Å². The van der Waals surface area contributed by atoms with Crippen molar-refractivity contribution in [3.63, 3.8) is 0 Å². The maximum atomic E-state index is 2.38. The Bertz CT molecular complexity index is 1210. The molecule has 4 heteroatoms. The summed E-state index contributed by atoms with van der Waals surface area (Å²) in [5.41, 5.74) is 2.17. The van der Waals surface area contributed by atoms with Crippen LogP contribution in [0.25, 0.3) is 0 Å². The molecule has 4 aromatic rings. The molecular formula is C32H30B2P2. The molecule has 3 fully saturated rings. The highest BCUT2D eigenvalue weighted by Gasteiger charge is 2.88. The number of fused-ring (bicyclic) bond motifs is 1. The van der Waals surface area contributed by atoms with Crippen molar-refractivity contribution in [2.45, 2.75) is 24.9 Å². The molecular weight excluding hydrogens is 468 g/mol. The van der Waals surface area contributed by atoms with Gasteiger partial charge in [-0.05, 0) is 84.9 Å². The summed E-state index contributed by atoms with van der Waals surface area (Å²) in [7, 11) is -0.536. The first-order valence-electron chi connectivity index (χ1n) is 12.6. The van der Waals surface area contributed by atoms with Gasteiger partial charge in [-0.1, -0.05) is 121 Å². The lowest BCUT2D eigenvalue weighted by atomic mass is 10.2. The van der Waals surface area contributed by atoms with E-state index in [1.54, 1.807) is 21.2 Å². The summed E-state index contributed by atoms with van der Waals surface area (Å²) in [6.07, 6.45) is 5.77. The second-order valence-corrected chi connectivity index (χ2v) is 15.1. The van der Waals surface area contributed by atoms with E-state index >= 15 is 0 Å². The van der Waals surface area contributed by atoms with Gasteiger partial charge in [0.25, 0.3) is 0 Å². The molecule has 0 N–H and O–H groups in total. The third-order valence-electron chi connectivity index (χ3n) is 8.68. The van der Waals surface area contributed by atoms with Gasteiger partial charge in [-0.3, -0.25) is 0 Å². The van der Waals surface area contributed by atoms with Crippen LogP contribution in [0.15, 0.2) is 121 Å². The molecule has 2 spiro atoms. The molecule has 0 amide bonds. The Labute approximate surface area is 222 Å². The van der Waals surface area contributed by atoms with Gasteiger partial charge in [0.2, 0.25) is 0 Å². The fourth-order valence-electron chi connectivity index (χ4n) is 6.80. The Hall–Kier alpha value is -2.13. The van der Waals surface area contributed by atoms with Gasteiger partial charge < -0.3 is 0 Å². The van der Waals surface area contributed by atoms with Crippen molar-refractivity contribution in [1.29, 1.82) is 0 Å². The number of hydrogen-bond donors (Lipinski definition) is 0. The minimum atomic E-state index is -0.272. The minimum Gasteiger partial charge on any atom is -0.0622 e. The lowest BCUT2D eigenvalue weighted by molar-refractivity contribution is 0.661. The third-order valence-corrected chi connectivity index (χ3v) is 14.3. The molecule has 174 valence electrons. The van der Waals surface area contributed by atoms with Crippen molar-refractivity contribution in [3.05, 3.63) is 121 Å². The van der Waals surface area contributed by atoms with E-state index in [9.17, 15) is 0 Å². The molecule has 0 heterocycles. The Morgan fingerprint density at radius 3 is 1.39 bits per heavy atom. The summed E-state index contributed by atoms with van der Waals surface area (Å²) in [5.74, 6) is 0.910. The normalized spacial score (nSPS) is 26.9. The fourth-order valence-corrected chi connectivity index (χ4v) is 12.9. The van der Waals surface area contributed by atoms with Crippen LogP contribution in [0.1, 0.15) is 19.3 Å². The Kier molecular flexibility index (Phi) is 7.07. The van der Waals surface area contributed by atoms with Crippen molar-refractivity contribution in [1.82, 2.24) is 0 Å². The largest absolute Gasteiger partial charge is 0.0622 e. The van der Waals surface area contributed by atoms with Gasteiger partial charge in [-0.25, -0.2) is 0 Å². The summed E-state index contributed by atoms with van der Waals surface area (Å²) in [4.78, 5) is 0. The molecule has 0 bridgehead atoms. The molecule has 0 aliphatic heterocycles. The molecule has 0 aromatic heterocycles. The topological polar surface area (TPSA) is 0 Å². The second kappa shape index (κ2) is 9.97. The lowest BCUT2D eigenvalue weighted by Gasteiger charge is -2.20. The molecule has 3 aliphatic carbocycles. The first-order valence-corrected chi connectivity index (χ1v) is 15.5. The molecule has 7 rings (SSSR count). The zero-order valence-electron chi connectivity index (χ0n) is 20.6. The van der Waals surface area contributed by atoms with Crippen molar-refractivity contribution in [3.8, 4) is 0 Å². The van der Waals surface area contributed by atoms with Gasteiger partial charge in [-0.2, -0.15) is 0 Å². The highest BCUT2D eigenvalue weighted by atomic mass is 31.1. The van der Waals surface area contributed by atoms with E-state index < -0.39 is 0 Å². The molecule has 3 saturated carbocycles. The van der Waals surface area contributed by atoms with Gasteiger partial charge >= 0.3 is 0 Å². The zero-order valence-corrected chi connectivity index (χ0v) is 22.4. The third kappa shape index (κ3) is 4.22.